The quantitative estimate of drug-likeness (QED) is 0.716. The summed E-state index contributed by atoms with van der Waals surface area (Å²) in [5, 5.41) is 12.8. The number of H-pyrrole nitrogens is 1. The van der Waals surface area contributed by atoms with Crippen molar-refractivity contribution < 1.29 is 24.2 Å². The van der Waals surface area contributed by atoms with E-state index >= 15 is 0 Å². The van der Waals surface area contributed by atoms with Crippen LogP contribution in [0.15, 0.2) is 30.5 Å². The van der Waals surface area contributed by atoms with Crippen LogP contribution in [-0.2, 0) is 20.7 Å². The van der Waals surface area contributed by atoms with Gasteiger partial charge in [0.05, 0.1) is 0 Å². The van der Waals surface area contributed by atoms with Crippen molar-refractivity contribution in [2.75, 3.05) is 13.6 Å². The molecule has 0 saturated heterocycles. The summed E-state index contributed by atoms with van der Waals surface area (Å²) in [6, 6.07) is 6.49. The Morgan fingerprint density at radius 1 is 1.26 bits per heavy atom. The van der Waals surface area contributed by atoms with Gasteiger partial charge in [-0.3, -0.25) is 4.79 Å². The van der Waals surface area contributed by atoms with Crippen LogP contribution in [0.25, 0.3) is 10.9 Å². The first-order chi connectivity index (χ1) is 12.6. The molecule has 0 fully saturated rings. The third-order valence-corrected chi connectivity index (χ3v) is 4.02. The van der Waals surface area contributed by atoms with Gasteiger partial charge >= 0.3 is 12.1 Å². The molecule has 0 spiro atoms. The zero-order chi connectivity index (χ0) is 20.2. The van der Waals surface area contributed by atoms with Gasteiger partial charge in [0.25, 0.3) is 0 Å². The predicted molar refractivity (Wildman–Crippen MR) is 100 cm³/mol. The van der Waals surface area contributed by atoms with Crippen LogP contribution in [-0.4, -0.2) is 58.2 Å². The Bertz CT molecular complexity index is 837. The van der Waals surface area contributed by atoms with Crippen LogP contribution in [0.3, 0.4) is 0 Å². The number of benzene rings is 1. The molecule has 0 aliphatic carbocycles. The van der Waals surface area contributed by atoms with E-state index in [-0.39, 0.29) is 13.0 Å². The van der Waals surface area contributed by atoms with Crippen LogP contribution in [0.5, 0.6) is 0 Å². The van der Waals surface area contributed by atoms with Gasteiger partial charge in [-0.15, -0.1) is 0 Å². The first-order valence-electron chi connectivity index (χ1n) is 8.59. The maximum Gasteiger partial charge on any atom is 0.408 e. The molecule has 8 heteroatoms. The Hall–Kier alpha value is -3.03. The first kappa shape index (κ1) is 20.3. The molecule has 2 amide bonds. The summed E-state index contributed by atoms with van der Waals surface area (Å²) in [6.07, 6.45) is 1.17. The van der Waals surface area contributed by atoms with E-state index in [1.165, 1.54) is 7.05 Å². The molecule has 0 unspecified atom stereocenters. The largest absolute Gasteiger partial charge is 0.480 e. The van der Waals surface area contributed by atoms with Crippen molar-refractivity contribution in [2.45, 2.75) is 38.8 Å². The van der Waals surface area contributed by atoms with Gasteiger partial charge in [-0.1, -0.05) is 18.2 Å². The van der Waals surface area contributed by atoms with Crippen molar-refractivity contribution in [3.05, 3.63) is 36.0 Å². The first-order valence-corrected chi connectivity index (χ1v) is 8.59. The number of alkyl carbamates (subject to hydrolysis) is 1. The Morgan fingerprint density at radius 3 is 2.56 bits per heavy atom. The van der Waals surface area contributed by atoms with Crippen LogP contribution in [0, 0.1) is 0 Å². The highest BCUT2D eigenvalue weighted by molar-refractivity contribution is 5.88. The van der Waals surface area contributed by atoms with Crippen molar-refractivity contribution in [1.29, 1.82) is 0 Å². The molecule has 146 valence electrons. The molecule has 0 radical (unpaired) electrons. The van der Waals surface area contributed by atoms with Crippen molar-refractivity contribution >= 4 is 28.9 Å². The highest BCUT2D eigenvalue weighted by atomic mass is 16.6. The average Bonchev–Trinajstić information content (AvgIpc) is 2.98. The maximum atomic E-state index is 12.3. The van der Waals surface area contributed by atoms with Crippen molar-refractivity contribution in [3.63, 3.8) is 0 Å². The van der Waals surface area contributed by atoms with Crippen LogP contribution in [0.1, 0.15) is 26.3 Å². The van der Waals surface area contributed by atoms with Gasteiger partial charge in [0.15, 0.2) is 0 Å². The molecule has 3 N–H and O–H groups in total. The number of nitrogens with zero attached hydrogens (tertiary/aromatic N) is 1. The summed E-state index contributed by atoms with van der Waals surface area (Å²) in [5.74, 6) is -1.64. The number of hydrogen-bond donors (Lipinski definition) is 3. The number of carbonyl (C=O) groups excluding carboxylic acids is 2. The minimum Gasteiger partial charge on any atom is -0.480 e. The summed E-state index contributed by atoms with van der Waals surface area (Å²) in [4.78, 5) is 39.9. The highest BCUT2D eigenvalue weighted by Crippen LogP contribution is 2.20. The number of rotatable bonds is 6. The van der Waals surface area contributed by atoms with E-state index in [0.717, 1.165) is 21.4 Å². The lowest BCUT2D eigenvalue weighted by molar-refractivity contribution is -0.148. The fourth-order valence-electron chi connectivity index (χ4n) is 2.66. The van der Waals surface area contributed by atoms with E-state index in [9.17, 15) is 19.5 Å². The third-order valence-electron chi connectivity index (χ3n) is 4.02. The van der Waals surface area contributed by atoms with Gasteiger partial charge < -0.3 is 25.0 Å². The minimum absolute atomic E-state index is 0.147. The Balaban J connectivity index is 2.04. The molecule has 0 aliphatic heterocycles. The summed E-state index contributed by atoms with van der Waals surface area (Å²) in [7, 11) is 1.41. The van der Waals surface area contributed by atoms with Crippen molar-refractivity contribution in [2.24, 2.45) is 0 Å². The number of aromatic amines is 1. The van der Waals surface area contributed by atoms with E-state index in [4.69, 9.17) is 4.74 Å². The molecule has 27 heavy (non-hydrogen) atoms. The number of ether oxygens (including phenoxy) is 1. The van der Waals surface area contributed by atoms with Crippen molar-refractivity contribution in [3.8, 4) is 0 Å². The predicted octanol–water partition coefficient (Wildman–Crippen LogP) is 2.15. The SMILES string of the molecule is CN(C(=O)CNC(=O)OC(C)(C)C)[C@H](Cc1c[nH]c2ccccc12)C(=O)O. The van der Waals surface area contributed by atoms with Gasteiger partial charge in [0.1, 0.15) is 18.2 Å². The zero-order valence-corrected chi connectivity index (χ0v) is 15.9. The summed E-state index contributed by atoms with van der Waals surface area (Å²) < 4.78 is 5.07. The number of hydrogen-bond acceptors (Lipinski definition) is 4. The lowest BCUT2D eigenvalue weighted by atomic mass is 10.0. The lowest BCUT2D eigenvalue weighted by Gasteiger charge is -2.25. The van der Waals surface area contributed by atoms with Gasteiger partial charge in [-0.2, -0.15) is 0 Å². The van der Waals surface area contributed by atoms with E-state index < -0.39 is 29.6 Å². The number of para-hydroxylation sites is 1. The number of carboxylic acid groups (broad SMARTS) is 1. The highest BCUT2D eigenvalue weighted by Gasteiger charge is 2.28. The maximum absolute atomic E-state index is 12.3. The van der Waals surface area contributed by atoms with E-state index in [1.54, 1.807) is 27.0 Å². The normalized spacial score (nSPS) is 12.4. The summed E-state index contributed by atoms with van der Waals surface area (Å²) >= 11 is 0. The third kappa shape index (κ3) is 5.47. The molecule has 1 heterocycles. The van der Waals surface area contributed by atoms with Crippen LogP contribution in [0.4, 0.5) is 4.79 Å². The summed E-state index contributed by atoms with van der Waals surface area (Å²) in [5.41, 5.74) is 1.02. The molecule has 0 saturated carbocycles. The molecule has 0 bridgehead atoms. The number of carbonyl (C=O) groups is 3. The molecule has 8 nitrogen and oxygen atoms in total. The van der Waals surface area contributed by atoms with Crippen LogP contribution < -0.4 is 5.32 Å². The second-order valence-corrected chi connectivity index (χ2v) is 7.28. The van der Waals surface area contributed by atoms with Gasteiger partial charge in [-0.05, 0) is 32.4 Å². The standard InChI is InChI=1S/C19H25N3O5/c1-19(2,3)27-18(26)21-11-16(23)22(4)15(17(24)25)9-12-10-20-14-8-6-5-7-13(12)14/h5-8,10,15,20H,9,11H2,1-4H3,(H,21,26)(H,24,25)/t15-/m1/s1. The van der Waals surface area contributed by atoms with E-state index in [1.807, 2.05) is 24.3 Å². The fraction of sp³-hybridized carbons (Fsp3) is 0.421. The average molecular weight is 375 g/mol. The Labute approximate surface area is 157 Å². The van der Waals surface area contributed by atoms with Gasteiger partial charge in [0, 0.05) is 30.6 Å². The number of nitrogens with one attached hydrogen (secondary N) is 2. The molecule has 2 aromatic rings. The second-order valence-electron chi connectivity index (χ2n) is 7.28. The van der Waals surface area contributed by atoms with Gasteiger partial charge in [-0.25, -0.2) is 9.59 Å². The molecule has 2 rings (SSSR count). The number of likely N-dealkylation sites (N-methyl/N-ethyl adjacent to an activating group) is 1. The fourth-order valence-corrected chi connectivity index (χ4v) is 2.66. The van der Waals surface area contributed by atoms with Gasteiger partial charge in [0.2, 0.25) is 5.91 Å². The van der Waals surface area contributed by atoms with E-state index in [2.05, 4.69) is 10.3 Å². The molecular formula is C19H25N3O5. The number of amides is 2. The monoisotopic (exact) mass is 375 g/mol. The molecule has 1 atom stereocenters. The zero-order valence-electron chi connectivity index (χ0n) is 15.9. The molecule has 1 aromatic carbocycles. The minimum atomic E-state index is -1.12. The Kier molecular flexibility index (Phi) is 6.09. The molecule has 1 aromatic heterocycles. The smallest absolute Gasteiger partial charge is 0.408 e. The molecular weight excluding hydrogens is 350 g/mol. The van der Waals surface area contributed by atoms with Crippen LogP contribution in [0.2, 0.25) is 0 Å². The number of aromatic nitrogens is 1. The van der Waals surface area contributed by atoms with Crippen LogP contribution >= 0.6 is 0 Å². The summed E-state index contributed by atoms with van der Waals surface area (Å²) in [6.45, 7) is 4.79. The number of carboxylic acids is 1. The lowest BCUT2D eigenvalue weighted by Crippen LogP contribution is -2.48. The topological polar surface area (TPSA) is 112 Å². The number of aliphatic carboxylic acids is 1. The van der Waals surface area contributed by atoms with Crippen molar-refractivity contribution in [1.82, 2.24) is 15.2 Å². The Morgan fingerprint density at radius 2 is 1.93 bits per heavy atom. The molecule has 0 aliphatic rings. The van der Waals surface area contributed by atoms with E-state index in [0.29, 0.717) is 0 Å². The number of fused-ring (bicyclic) bond motifs is 1. The second kappa shape index (κ2) is 8.11.